The first-order chi connectivity index (χ1) is 15.4. The van der Waals surface area contributed by atoms with Gasteiger partial charge in [-0.15, -0.1) is 0 Å². The second-order valence-electron chi connectivity index (χ2n) is 7.13. The van der Waals surface area contributed by atoms with Crippen molar-refractivity contribution < 1.29 is 15.0 Å². The van der Waals surface area contributed by atoms with Crippen LogP contribution in [0.4, 0.5) is 11.5 Å². The Morgan fingerprint density at radius 1 is 1.25 bits per heavy atom. The number of hydrogen-bond donors (Lipinski definition) is 3. The Hall–Kier alpha value is -3.40. The largest absolute Gasteiger partial charge is 0.479 e. The molecule has 0 amide bonds. The molecule has 2 heterocycles. The molecule has 0 radical (unpaired) electrons. The summed E-state index contributed by atoms with van der Waals surface area (Å²) in [5.41, 5.74) is 1.73. The fourth-order valence-electron chi connectivity index (χ4n) is 2.86. The Morgan fingerprint density at radius 2 is 2.03 bits per heavy atom. The zero-order chi connectivity index (χ0) is 22.7. The van der Waals surface area contributed by atoms with Crippen LogP contribution in [0.2, 0.25) is 5.02 Å². The molecule has 32 heavy (non-hydrogen) atoms. The number of carboxylic acids is 1. The van der Waals surface area contributed by atoms with E-state index >= 15 is 0 Å². The van der Waals surface area contributed by atoms with Gasteiger partial charge in [0.1, 0.15) is 11.2 Å². The summed E-state index contributed by atoms with van der Waals surface area (Å²) < 4.78 is 4.40. The fraction of sp³-hybridized carbons (Fsp3) is 0.136. The summed E-state index contributed by atoms with van der Waals surface area (Å²) in [6.07, 6.45) is 2.75. The van der Waals surface area contributed by atoms with E-state index in [9.17, 15) is 15.0 Å². The lowest BCUT2D eigenvalue weighted by atomic mass is 10.1. The number of carbonyl (C=O) groups is 1. The lowest BCUT2D eigenvalue weighted by Crippen LogP contribution is -2.37. The van der Waals surface area contributed by atoms with Crippen LogP contribution >= 0.6 is 23.1 Å². The zero-order valence-electron chi connectivity index (χ0n) is 16.9. The van der Waals surface area contributed by atoms with E-state index in [0.717, 1.165) is 11.1 Å². The van der Waals surface area contributed by atoms with Gasteiger partial charge in [0.15, 0.2) is 16.2 Å². The second-order valence-corrected chi connectivity index (χ2v) is 8.26. The molecule has 0 spiro atoms. The van der Waals surface area contributed by atoms with Crippen molar-refractivity contribution in [2.24, 2.45) is 4.99 Å². The second kappa shape index (κ2) is 8.99. The van der Waals surface area contributed by atoms with Crippen LogP contribution in [0.25, 0.3) is 21.5 Å². The van der Waals surface area contributed by atoms with Crippen molar-refractivity contribution >= 4 is 57.2 Å². The minimum Gasteiger partial charge on any atom is -0.479 e. The SMILES string of the molecule is CC(CO)(N=Cc1cnc2snc(Nc3cccc(-c4ccccc4)c3Cl)c2n1)C(=O)O. The normalized spacial score (nSPS) is 13.3. The fourth-order valence-corrected chi connectivity index (χ4v) is 3.78. The van der Waals surface area contributed by atoms with Crippen molar-refractivity contribution in [3.05, 3.63) is 65.4 Å². The third kappa shape index (κ3) is 4.31. The van der Waals surface area contributed by atoms with E-state index in [1.54, 1.807) is 0 Å². The van der Waals surface area contributed by atoms with Gasteiger partial charge in [0, 0.05) is 5.56 Å². The smallest absolute Gasteiger partial charge is 0.333 e. The van der Waals surface area contributed by atoms with E-state index in [1.165, 1.54) is 30.9 Å². The predicted octanol–water partition coefficient (Wildman–Crippen LogP) is 4.40. The van der Waals surface area contributed by atoms with Crippen molar-refractivity contribution in [3.63, 3.8) is 0 Å². The molecule has 4 aromatic rings. The van der Waals surface area contributed by atoms with Gasteiger partial charge in [-0.1, -0.05) is 54.1 Å². The van der Waals surface area contributed by atoms with Gasteiger partial charge >= 0.3 is 5.97 Å². The summed E-state index contributed by atoms with van der Waals surface area (Å²) in [5.74, 6) is -0.763. The Balaban J connectivity index is 1.67. The van der Waals surface area contributed by atoms with Crippen LogP contribution in [0.15, 0.2) is 59.7 Å². The molecular formula is C22H18ClN5O3S. The van der Waals surface area contributed by atoms with Gasteiger partial charge in [-0.05, 0) is 30.1 Å². The molecule has 0 fully saturated rings. The number of aliphatic hydroxyl groups is 1. The maximum Gasteiger partial charge on any atom is 0.333 e. The molecule has 0 saturated heterocycles. The monoisotopic (exact) mass is 467 g/mol. The maximum absolute atomic E-state index is 11.3. The quantitative estimate of drug-likeness (QED) is 0.344. The van der Waals surface area contributed by atoms with E-state index in [0.29, 0.717) is 32.6 Å². The van der Waals surface area contributed by atoms with Gasteiger partial charge in [0.2, 0.25) is 0 Å². The standard InChI is InChI=1S/C22H18ClN5O3S/c1-22(12-29,21(30)31)25-11-14-10-24-20-18(26-14)19(28-32-20)27-16-9-5-8-15(17(16)23)13-6-3-2-4-7-13/h2-11,29H,12H2,1H3,(H,27,28)(H,30,31). The molecule has 0 bridgehead atoms. The number of aromatic nitrogens is 3. The molecule has 1 unspecified atom stereocenters. The molecular weight excluding hydrogens is 450 g/mol. The highest BCUT2D eigenvalue weighted by molar-refractivity contribution is 7.13. The summed E-state index contributed by atoms with van der Waals surface area (Å²) in [6, 6.07) is 15.5. The number of hydrogen-bond acceptors (Lipinski definition) is 8. The first-order valence-corrected chi connectivity index (χ1v) is 10.7. The molecule has 0 aliphatic carbocycles. The van der Waals surface area contributed by atoms with Gasteiger partial charge in [-0.25, -0.2) is 14.8 Å². The van der Waals surface area contributed by atoms with E-state index in [4.69, 9.17) is 11.6 Å². The summed E-state index contributed by atoms with van der Waals surface area (Å²) in [6.45, 7) is 0.677. The average molecular weight is 468 g/mol. The molecule has 2 aromatic heterocycles. The highest BCUT2D eigenvalue weighted by Gasteiger charge is 2.31. The molecule has 0 aliphatic rings. The van der Waals surface area contributed by atoms with E-state index < -0.39 is 18.1 Å². The minimum atomic E-state index is -1.66. The molecule has 0 saturated carbocycles. The van der Waals surface area contributed by atoms with Crippen LogP contribution < -0.4 is 5.32 Å². The molecule has 4 rings (SSSR count). The Bertz CT molecular complexity index is 1310. The van der Waals surface area contributed by atoms with Crippen molar-refractivity contribution in [2.75, 3.05) is 11.9 Å². The predicted molar refractivity (Wildman–Crippen MR) is 126 cm³/mol. The number of fused-ring (bicyclic) bond motifs is 1. The van der Waals surface area contributed by atoms with Crippen LogP contribution in [-0.4, -0.2) is 48.9 Å². The number of aliphatic hydroxyl groups excluding tert-OH is 1. The lowest BCUT2D eigenvalue weighted by molar-refractivity contribution is -0.143. The molecule has 3 N–H and O–H groups in total. The number of benzene rings is 2. The first kappa shape index (κ1) is 21.8. The number of nitrogens with zero attached hydrogens (tertiary/aromatic N) is 4. The molecule has 1 atom stereocenters. The molecule has 10 heteroatoms. The number of rotatable bonds is 7. The number of aliphatic imine (C=N–C) groups is 1. The lowest BCUT2D eigenvalue weighted by Gasteiger charge is -2.15. The van der Waals surface area contributed by atoms with E-state index in [2.05, 4.69) is 24.7 Å². The van der Waals surface area contributed by atoms with Crippen LogP contribution in [0.5, 0.6) is 0 Å². The molecule has 8 nitrogen and oxygen atoms in total. The van der Waals surface area contributed by atoms with E-state index in [-0.39, 0.29) is 0 Å². The van der Waals surface area contributed by atoms with Gasteiger partial charge in [-0.3, -0.25) is 4.99 Å². The number of halogens is 1. The third-order valence-electron chi connectivity index (χ3n) is 4.79. The number of carboxylic acid groups (broad SMARTS) is 1. The average Bonchev–Trinajstić information content (AvgIpc) is 3.21. The number of aliphatic carboxylic acids is 1. The van der Waals surface area contributed by atoms with Gasteiger partial charge in [0.25, 0.3) is 0 Å². The highest BCUT2D eigenvalue weighted by Crippen LogP contribution is 2.36. The summed E-state index contributed by atoms with van der Waals surface area (Å²) in [4.78, 5) is 24.7. The Morgan fingerprint density at radius 3 is 2.75 bits per heavy atom. The third-order valence-corrected chi connectivity index (χ3v) is 5.94. The van der Waals surface area contributed by atoms with Gasteiger partial charge in [0.05, 0.1) is 29.7 Å². The Labute approximate surface area is 192 Å². The summed E-state index contributed by atoms with van der Waals surface area (Å²) >= 11 is 7.84. The van der Waals surface area contributed by atoms with Gasteiger partial charge < -0.3 is 15.5 Å². The van der Waals surface area contributed by atoms with E-state index in [1.807, 2.05) is 48.5 Å². The van der Waals surface area contributed by atoms with Crippen LogP contribution in [0.1, 0.15) is 12.6 Å². The zero-order valence-corrected chi connectivity index (χ0v) is 18.4. The maximum atomic E-state index is 11.3. The van der Waals surface area contributed by atoms with Crippen molar-refractivity contribution in [3.8, 4) is 11.1 Å². The summed E-state index contributed by atoms with van der Waals surface area (Å²) in [5, 5.41) is 22.4. The van der Waals surface area contributed by atoms with Crippen LogP contribution in [0, 0.1) is 0 Å². The molecule has 2 aromatic carbocycles. The highest BCUT2D eigenvalue weighted by atomic mass is 35.5. The van der Waals surface area contributed by atoms with Crippen LogP contribution in [0.3, 0.4) is 0 Å². The number of nitrogens with one attached hydrogen (secondary N) is 1. The topological polar surface area (TPSA) is 121 Å². The van der Waals surface area contributed by atoms with Crippen molar-refractivity contribution in [1.29, 1.82) is 0 Å². The van der Waals surface area contributed by atoms with Gasteiger partial charge in [-0.2, -0.15) is 4.37 Å². The van der Waals surface area contributed by atoms with Crippen molar-refractivity contribution in [1.82, 2.24) is 14.3 Å². The Kier molecular flexibility index (Phi) is 6.13. The van der Waals surface area contributed by atoms with Crippen LogP contribution in [-0.2, 0) is 4.79 Å². The minimum absolute atomic E-state index is 0.339. The van der Waals surface area contributed by atoms with Crippen molar-refractivity contribution in [2.45, 2.75) is 12.5 Å². The molecule has 162 valence electrons. The summed E-state index contributed by atoms with van der Waals surface area (Å²) in [7, 11) is 0. The molecule has 0 aliphatic heterocycles. The first-order valence-electron chi connectivity index (χ1n) is 9.54. The number of anilines is 2.